The fraction of sp³-hybridized carbons (Fsp3) is 0.524. The zero-order valence-electron chi connectivity index (χ0n) is 15.5. The van der Waals surface area contributed by atoms with Crippen LogP contribution in [0, 0.1) is 11.8 Å². The van der Waals surface area contributed by atoms with E-state index in [0.717, 1.165) is 30.0 Å². The van der Waals surface area contributed by atoms with E-state index in [-0.39, 0.29) is 5.97 Å². The Kier molecular flexibility index (Phi) is 5.57. The molecule has 0 unspecified atom stereocenters. The molecule has 0 amide bonds. The quantitative estimate of drug-likeness (QED) is 0.578. The van der Waals surface area contributed by atoms with Crippen LogP contribution in [0.25, 0.3) is 6.08 Å². The van der Waals surface area contributed by atoms with E-state index < -0.39 is 0 Å². The van der Waals surface area contributed by atoms with Gasteiger partial charge >= 0.3 is 5.97 Å². The van der Waals surface area contributed by atoms with Gasteiger partial charge in [-0.25, -0.2) is 9.79 Å². The lowest BCUT2D eigenvalue weighted by Crippen LogP contribution is -2.22. The molecular formula is C21H28N2O2. The second-order valence-electron chi connectivity index (χ2n) is 7.36. The predicted octanol–water partition coefficient (Wildman–Crippen LogP) is 4.66. The standard InChI is InChI=1S/C21H28N2O2/c1-4-5-15-6-10-17(11-7-15)20-22-19(21(24)25-20)14-16-8-12-18(13-9-16)23(2)3/h8-9,12-15,17H,4-7,10-11H2,1-3H3/b19-14+. The minimum absolute atomic E-state index is 0.305. The highest BCUT2D eigenvalue weighted by Gasteiger charge is 2.32. The summed E-state index contributed by atoms with van der Waals surface area (Å²) >= 11 is 0. The molecule has 3 rings (SSSR count). The van der Waals surface area contributed by atoms with Crippen molar-refractivity contribution in [3.05, 3.63) is 35.5 Å². The highest BCUT2D eigenvalue weighted by molar-refractivity contribution is 6.07. The molecule has 0 bridgehead atoms. The number of cyclic esters (lactones) is 1. The summed E-state index contributed by atoms with van der Waals surface area (Å²) in [5, 5.41) is 0. The molecule has 1 heterocycles. The van der Waals surface area contributed by atoms with Crippen LogP contribution >= 0.6 is 0 Å². The minimum Gasteiger partial charge on any atom is -0.406 e. The van der Waals surface area contributed by atoms with Crippen LogP contribution in [-0.2, 0) is 9.53 Å². The molecule has 0 spiro atoms. The van der Waals surface area contributed by atoms with Crippen molar-refractivity contribution in [2.45, 2.75) is 45.4 Å². The van der Waals surface area contributed by atoms with Crippen molar-refractivity contribution in [2.75, 3.05) is 19.0 Å². The molecule has 0 saturated heterocycles. The van der Waals surface area contributed by atoms with Crippen molar-refractivity contribution in [3.63, 3.8) is 0 Å². The van der Waals surface area contributed by atoms with Crippen LogP contribution in [0.1, 0.15) is 51.0 Å². The van der Waals surface area contributed by atoms with Crippen LogP contribution < -0.4 is 4.90 Å². The molecular weight excluding hydrogens is 312 g/mol. The van der Waals surface area contributed by atoms with Crippen LogP contribution in [0.2, 0.25) is 0 Å². The Balaban J connectivity index is 1.68. The molecule has 0 aromatic heterocycles. The van der Waals surface area contributed by atoms with E-state index in [4.69, 9.17) is 4.74 Å². The van der Waals surface area contributed by atoms with Crippen LogP contribution in [0.3, 0.4) is 0 Å². The molecule has 1 aromatic carbocycles. The van der Waals surface area contributed by atoms with Crippen molar-refractivity contribution in [1.82, 2.24) is 0 Å². The molecule has 134 valence electrons. The number of carbonyl (C=O) groups is 1. The first-order chi connectivity index (χ1) is 12.1. The highest BCUT2D eigenvalue weighted by Crippen LogP contribution is 2.34. The van der Waals surface area contributed by atoms with E-state index in [0.29, 0.717) is 17.5 Å². The lowest BCUT2D eigenvalue weighted by Gasteiger charge is -2.27. The summed E-state index contributed by atoms with van der Waals surface area (Å²) in [5.41, 5.74) is 2.52. The number of esters is 1. The number of hydrogen-bond acceptors (Lipinski definition) is 4. The Hall–Kier alpha value is -2.10. The van der Waals surface area contributed by atoms with Crippen molar-refractivity contribution in [2.24, 2.45) is 16.8 Å². The number of benzene rings is 1. The average molecular weight is 340 g/mol. The Labute approximate surface area is 150 Å². The highest BCUT2D eigenvalue weighted by atomic mass is 16.6. The van der Waals surface area contributed by atoms with Gasteiger partial charge in [0, 0.05) is 25.7 Å². The normalized spacial score (nSPS) is 25.0. The molecule has 0 N–H and O–H groups in total. The van der Waals surface area contributed by atoms with Crippen LogP contribution in [-0.4, -0.2) is 26.0 Å². The summed E-state index contributed by atoms with van der Waals surface area (Å²) in [7, 11) is 4.02. The third-order valence-electron chi connectivity index (χ3n) is 5.24. The molecule has 4 heteroatoms. The van der Waals surface area contributed by atoms with Gasteiger partial charge in [-0.05, 0) is 55.4 Å². The molecule has 1 aromatic rings. The second-order valence-corrected chi connectivity index (χ2v) is 7.36. The molecule has 25 heavy (non-hydrogen) atoms. The predicted molar refractivity (Wildman–Crippen MR) is 103 cm³/mol. The number of nitrogens with zero attached hydrogens (tertiary/aromatic N) is 2. The van der Waals surface area contributed by atoms with E-state index >= 15 is 0 Å². The maximum atomic E-state index is 12.2. The van der Waals surface area contributed by atoms with Crippen LogP contribution in [0.5, 0.6) is 0 Å². The topological polar surface area (TPSA) is 41.9 Å². The maximum Gasteiger partial charge on any atom is 0.363 e. The largest absolute Gasteiger partial charge is 0.406 e. The van der Waals surface area contributed by atoms with Gasteiger partial charge in [0.1, 0.15) is 0 Å². The molecule has 2 aliphatic rings. The van der Waals surface area contributed by atoms with Gasteiger partial charge in [0.15, 0.2) is 5.70 Å². The Morgan fingerprint density at radius 3 is 2.44 bits per heavy atom. The number of hydrogen-bond donors (Lipinski definition) is 0. The molecule has 1 aliphatic carbocycles. The lowest BCUT2D eigenvalue weighted by atomic mass is 9.80. The Bertz CT molecular complexity index is 666. The van der Waals surface area contributed by atoms with Gasteiger partial charge < -0.3 is 9.64 Å². The monoisotopic (exact) mass is 340 g/mol. The van der Waals surface area contributed by atoms with Gasteiger partial charge in [0.05, 0.1) is 0 Å². The van der Waals surface area contributed by atoms with Gasteiger partial charge in [-0.15, -0.1) is 0 Å². The van der Waals surface area contributed by atoms with Gasteiger partial charge in [0.25, 0.3) is 0 Å². The summed E-state index contributed by atoms with van der Waals surface area (Å²) in [5.74, 6) is 1.46. The average Bonchev–Trinajstić information content (AvgIpc) is 2.97. The zero-order chi connectivity index (χ0) is 17.8. The first kappa shape index (κ1) is 17.7. The third kappa shape index (κ3) is 4.30. The van der Waals surface area contributed by atoms with E-state index in [1.54, 1.807) is 0 Å². The smallest absolute Gasteiger partial charge is 0.363 e. The van der Waals surface area contributed by atoms with Crippen LogP contribution in [0.4, 0.5) is 5.69 Å². The molecule has 0 radical (unpaired) electrons. The lowest BCUT2D eigenvalue weighted by molar-refractivity contribution is -0.130. The second kappa shape index (κ2) is 7.85. The molecule has 1 saturated carbocycles. The zero-order valence-corrected chi connectivity index (χ0v) is 15.5. The number of anilines is 1. The Morgan fingerprint density at radius 2 is 1.84 bits per heavy atom. The summed E-state index contributed by atoms with van der Waals surface area (Å²) in [6, 6.07) is 8.07. The maximum absolute atomic E-state index is 12.2. The number of rotatable bonds is 5. The van der Waals surface area contributed by atoms with Gasteiger partial charge in [-0.3, -0.25) is 0 Å². The van der Waals surface area contributed by atoms with E-state index in [1.807, 2.05) is 49.3 Å². The molecule has 4 nitrogen and oxygen atoms in total. The number of aliphatic imine (C=N–C) groups is 1. The van der Waals surface area contributed by atoms with E-state index in [9.17, 15) is 4.79 Å². The number of ether oxygens (including phenoxy) is 1. The first-order valence-electron chi connectivity index (χ1n) is 9.36. The van der Waals surface area contributed by atoms with Crippen LogP contribution in [0.15, 0.2) is 35.0 Å². The van der Waals surface area contributed by atoms with E-state index in [1.165, 1.54) is 25.7 Å². The third-order valence-corrected chi connectivity index (χ3v) is 5.24. The molecule has 1 aliphatic heterocycles. The SMILES string of the molecule is CCCC1CCC(C2=N/C(=C/c3ccc(N(C)C)cc3)C(=O)O2)CC1. The summed E-state index contributed by atoms with van der Waals surface area (Å²) in [6.45, 7) is 2.25. The Morgan fingerprint density at radius 1 is 1.16 bits per heavy atom. The van der Waals surface area contributed by atoms with Crippen molar-refractivity contribution >= 4 is 23.6 Å². The first-order valence-corrected chi connectivity index (χ1v) is 9.36. The molecule has 1 fully saturated rings. The van der Waals surface area contributed by atoms with E-state index in [2.05, 4.69) is 11.9 Å². The summed E-state index contributed by atoms with van der Waals surface area (Å²) < 4.78 is 5.48. The fourth-order valence-corrected chi connectivity index (χ4v) is 3.73. The minimum atomic E-state index is -0.317. The van der Waals surface area contributed by atoms with Gasteiger partial charge in [0.2, 0.25) is 5.90 Å². The van der Waals surface area contributed by atoms with Crippen molar-refractivity contribution in [3.8, 4) is 0 Å². The van der Waals surface area contributed by atoms with Gasteiger partial charge in [-0.2, -0.15) is 0 Å². The fourth-order valence-electron chi connectivity index (χ4n) is 3.73. The van der Waals surface area contributed by atoms with Gasteiger partial charge in [-0.1, -0.05) is 31.9 Å². The van der Waals surface area contributed by atoms with Crippen molar-refractivity contribution in [1.29, 1.82) is 0 Å². The van der Waals surface area contributed by atoms with Crippen molar-refractivity contribution < 1.29 is 9.53 Å². The summed E-state index contributed by atoms with van der Waals surface area (Å²) in [6.07, 6.45) is 9.00. The number of carbonyl (C=O) groups excluding carboxylic acids is 1. The molecule has 0 atom stereocenters. The summed E-state index contributed by atoms with van der Waals surface area (Å²) in [4.78, 5) is 18.7.